The van der Waals surface area contributed by atoms with Gasteiger partial charge >= 0.3 is 5.97 Å². The molecule has 0 aliphatic heterocycles. The van der Waals surface area contributed by atoms with E-state index in [0.29, 0.717) is 30.2 Å². The summed E-state index contributed by atoms with van der Waals surface area (Å²) in [6, 6.07) is 12.4. The molecule has 0 saturated heterocycles. The van der Waals surface area contributed by atoms with Gasteiger partial charge in [0.1, 0.15) is 23.9 Å². The highest BCUT2D eigenvalue weighted by molar-refractivity contribution is 5.95. The summed E-state index contributed by atoms with van der Waals surface area (Å²) < 4.78 is 19.9. The fraction of sp³-hybridized carbons (Fsp3) is 0.118. The third kappa shape index (κ3) is 3.57. The Balaban J connectivity index is 1.66. The van der Waals surface area contributed by atoms with Crippen LogP contribution in [0.3, 0.4) is 0 Å². The van der Waals surface area contributed by atoms with E-state index in [-0.39, 0.29) is 11.4 Å². The Labute approximate surface area is 137 Å². The summed E-state index contributed by atoms with van der Waals surface area (Å²) in [6.45, 7) is 0.759. The summed E-state index contributed by atoms with van der Waals surface area (Å²) in [7, 11) is 0. The number of nitrogens with zero attached hydrogens (tertiary/aromatic N) is 3. The zero-order valence-corrected chi connectivity index (χ0v) is 12.6. The lowest BCUT2D eigenvalue weighted by Gasteiger charge is -2.05. The molecule has 3 aromatic rings. The number of aromatic nitrogens is 3. The highest BCUT2D eigenvalue weighted by atomic mass is 19.1. The predicted molar refractivity (Wildman–Crippen MR) is 84.3 cm³/mol. The molecule has 0 aliphatic carbocycles. The molecule has 3 rings (SSSR count). The molecule has 1 N–H and O–H groups in total. The van der Waals surface area contributed by atoms with E-state index in [1.54, 1.807) is 41.2 Å². The van der Waals surface area contributed by atoms with E-state index >= 15 is 0 Å². The Morgan fingerprint density at radius 2 is 1.92 bits per heavy atom. The Morgan fingerprint density at radius 3 is 2.67 bits per heavy atom. The molecule has 122 valence electrons. The molecule has 0 aliphatic rings. The van der Waals surface area contributed by atoms with E-state index in [9.17, 15) is 14.3 Å². The van der Waals surface area contributed by atoms with Gasteiger partial charge in [0.2, 0.25) is 0 Å². The van der Waals surface area contributed by atoms with Gasteiger partial charge in [-0.25, -0.2) is 13.9 Å². The highest BCUT2D eigenvalue weighted by Crippen LogP contribution is 2.21. The van der Waals surface area contributed by atoms with Crippen LogP contribution in [0, 0.1) is 5.82 Å². The number of hydrogen-bond donors (Lipinski definition) is 1. The first-order valence-electron chi connectivity index (χ1n) is 7.24. The van der Waals surface area contributed by atoms with Gasteiger partial charge in [0.25, 0.3) is 0 Å². The van der Waals surface area contributed by atoms with Crippen LogP contribution in [0.25, 0.3) is 11.3 Å². The second-order valence-corrected chi connectivity index (χ2v) is 5.02. The maximum absolute atomic E-state index is 12.8. The van der Waals surface area contributed by atoms with Crippen LogP contribution in [-0.2, 0) is 6.54 Å². The summed E-state index contributed by atoms with van der Waals surface area (Å²) in [5.41, 5.74) is 1.16. The van der Waals surface area contributed by atoms with Gasteiger partial charge in [-0.05, 0) is 30.3 Å². The first kappa shape index (κ1) is 15.7. The minimum Gasteiger partial charge on any atom is -0.492 e. The minimum atomic E-state index is -1.01. The smallest absolute Gasteiger partial charge is 0.336 e. The average Bonchev–Trinajstić information content (AvgIpc) is 3.05. The third-order valence-corrected chi connectivity index (χ3v) is 3.37. The average molecular weight is 327 g/mol. The van der Waals surface area contributed by atoms with Crippen LogP contribution in [0.5, 0.6) is 5.75 Å². The van der Waals surface area contributed by atoms with Gasteiger partial charge in [0, 0.05) is 5.56 Å². The lowest BCUT2D eigenvalue weighted by atomic mass is 10.1. The molecular weight excluding hydrogens is 313 g/mol. The van der Waals surface area contributed by atoms with Crippen molar-refractivity contribution in [3.63, 3.8) is 0 Å². The fourth-order valence-electron chi connectivity index (χ4n) is 2.21. The van der Waals surface area contributed by atoms with Crippen molar-refractivity contribution in [3.05, 3.63) is 66.1 Å². The lowest BCUT2D eigenvalue weighted by Crippen LogP contribution is -2.08. The van der Waals surface area contributed by atoms with Crippen LogP contribution in [0.4, 0.5) is 4.39 Å². The van der Waals surface area contributed by atoms with E-state index < -0.39 is 5.97 Å². The molecule has 0 amide bonds. The zero-order chi connectivity index (χ0) is 16.9. The first-order valence-corrected chi connectivity index (χ1v) is 7.24. The number of carbonyl (C=O) groups is 1. The van der Waals surface area contributed by atoms with Gasteiger partial charge in [-0.3, -0.25) is 0 Å². The Bertz CT molecular complexity index is 846. The zero-order valence-electron chi connectivity index (χ0n) is 12.6. The molecule has 0 saturated carbocycles. The lowest BCUT2D eigenvalue weighted by molar-refractivity contribution is 0.0697. The van der Waals surface area contributed by atoms with E-state index in [4.69, 9.17) is 4.74 Å². The van der Waals surface area contributed by atoms with Crippen molar-refractivity contribution >= 4 is 5.97 Å². The highest BCUT2D eigenvalue weighted by Gasteiger charge is 2.13. The summed E-state index contributed by atoms with van der Waals surface area (Å²) in [5.74, 6) is -0.770. The summed E-state index contributed by atoms with van der Waals surface area (Å²) in [5, 5.41) is 17.2. The van der Waals surface area contributed by atoms with Crippen molar-refractivity contribution < 1.29 is 19.0 Å². The van der Waals surface area contributed by atoms with Gasteiger partial charge in [-0.1, -0.05) is 23.4 Å². The summed E-state index contributed by atoms with van der Waals surface area (Å²) >= 11 is 0. The Morgan fingerprint density at radius 1 is 1.17 bits per heavy atom. The van der Waals surface area contributed by atoms with Crippen LogP contribution >= 0.6 is 0 Å². The molecule has 0 fully saturated rings. The first-order chi connectivity index (χ1) is 11.6. The molecule has 6 nitrogen and oxygen atoms in total. The van der Waals surface area contributed by atoms with Gasteiger partial charge in [0.05, 0.1) is 18.3 Å². The number of carboxylic acids is 1. The van der Waals surface area contributed by atoms with Crippen LogP contribution in [0.2, 0.25) is 0 Å². The van der Waals surface area contributed by atoms with Crippen molar-refractivity contribution in [1.82, 2.24) is 15.0 Å². The number of benzene rings is 2. The molecule has 0 radical (unpaired) electrons. The standard InChI is InChI=1S/C17H14FN3O3/c18-12-5-7-13(8-6-12)24-10-9-21-11-16(19-20-21)14-3-1-2-4-15(14)17(22)23/h1-8,11H,9-10H2,(H,22,23). The largest absolute Gasteiger partial charge is 0.492 e. The number of halogens is 1. The van der Waals surface area contributed by atoms with Gasteiger partial charge in [0.15, 0.2) is 0 Å². The second kappa shape index (κ2) is 6.91. The van der Waals surface area contributed by atoms with Crippen molar-refractivity contribution in [2.45, 2.75) is 6.54 Å². The second-order valence-electron chi connectivity index (χ2n) is 5.02. The van der Waals surface area contributed by atoms with Crippen LogP contribution in [-0.4, -0.2) is 32.7 Å². The van der Waals surface area contributed by atoms with E-state index in [1.165, 1.54) is 18.2 Å². The van der Waals surface area contributed by atoms with Crippen LogP contribution in [0.15, 0.2) is 54.7 Å². The van der Waals surface area contributed by atoms with Crippen molar-refractivity contribution in [2.75, 3.05) is 6.61 Å². The fourth-order valence-corrected chi connectivity index (χ4v) is 2.21. The van der Waals surface area contributed by atoms with E-state index in [0.717, 1.165) is 0 Å². The molecule has 0 spiro atoms. The Kier molecular flexibility index (Phi) is 4.51. The molecule has 1 heterocycles. The van der Waals surface area contributed by atoms with Gasteiger partial charge in [-0.15, -0.1) is 5.10 Å². The SMILES string of the molecule is O=C(O)c1ccccc1-c1cn(CCOc2ccc(F)cc2)nn1. The van der Waals surface area contributed by atoms with Crippen molar-refractivity contribution in [3.8, 4) is 17.0 Å². The molecule has 0 bridgehead atoms. The van der Waals surface area contributed by atoms with Gasteiger partial charge < -0.3 is 9.84 Å². The van der Waals surface area contributed by atoms with E-state index in [2.05, 4.69) is 10.3 Å². The molecule has 0 atom stereocenters. The molecular formula is C17H14FN3O3. The monoisotopic (exact) mass is 327 g/mol. The van der Waals surface area contributed by atoms with Crippen LogP contribution < -0.4 is 4.74 Å². The number of ether oxygens (including phenoxy) is 1. The van der Waals surface area contributed by atoms with Gasteiger partial charge in [-0.2, -0.15) is 0 Å². The molecule has 0 unspecified atom stereocenters. The number of rotatable bonds is 6. The molecule has 24 heavy (non-hydrogen) atoms. The van der Waals surface area contributed by atoms with Crippen molar-refractivity contribution in [2.24, 2.45) is 0 Å². The maximum atomic E-state index is 12.8. The summed E-state index contributed by atoms with van der Waals surface area (Å²) in [6.07, 6.45) is 1.66. The number of aromatic carboxylic acids is 1. The quantitative estimate of drug-likeness (QED) is 0.753. The summed E-state index contributed by atoms with van der Waals surface area (Å²) in [4.78, 5) is 11.3. The molecule has 7 heteroatoms. The number of hydrogen-bond acceptors (Lipinski definition) is 4. The minimum absolute atomic E-state index is 0.173. The van der Waals surface area contributed by atoms with Crippen LogP contribution in [0.1, 0.15) is 10.4 Å². The molecule has 1 aromatic heterocycles. The third-order valence-electron chi connectivity index (χ3n) is 3.37. The number of carboxylic acid groups (broad SMARTS) is 1. The topological polar surface area (TPSA) is 77.2 Å². The van der Waals surface area contributed by atoms with Crippen molar-refractivity contribution in [1.29, 1.82) is 0 Å². The Hall–Kier alpha value is -3.22. The predicted octanol–water partition coefficient (Wildman–Crippen LogP) is 2.86. The maximum Gasteiger partial charge on any atom is 0.336 e. The molecule has 2 aromatic carbocycles. The normalized spacial score (nSPS) is 10.5. The van der Waals surface area contributed by atoms with E-state index in [1.807, 2.05) is 0 Å².